The number of carbonyl (C=O) groups excluding carboxylic acids is 2. The van der Waals surface area contributed by atoms with Crippen molar-refractivity contribution in [3.8, 4) is 11.5 Å². The molecule has 3 aromatic rings. The van der Waals surface area contributed by atoms with Gasteiger partial charge < -0.3 is 4.74 Å². The third kappa shape index (κ3) is 5.36. The van der Waals surface area contributed by atoms with Gasteiger partial charge >= 0.3 is 5.69 Å². The van der Waals surface area contributed by atoms with Crippen molar-refractivity contribution < 1.29 is 24.2 Å². The van der Waals surface area contributed by atoms with Crippen molar-refractivity contribution in [2.24, 2.45) is 0 Å². The predicted octanol–water partition coefficient (Wildman–Crippen LogP) is 5.84. The fourth-order valence-electron chi connectivity index (χ4n) is 3.42. The highest BCUT2D eigenvalue weighted by Crippen LogP contribution is 2.36. The molecular formula is C24H17N3O7S. The molecule has 0 aliphatic carbocycles. The summed E-state index contributed by atoms with van der Waals surface area (Å²) in [5.41, 5.74) is 1.41. The maximum atomic E-state index is 12.8. The first kappa shape index (κ1) is 23.6. The lowest BCUT2D eigenvalue weighted by Crippen LogP contribution is -2.27. The van der Waals surface area contributed by atoms with Crippen LogP contribution in [0.4, 0.5) is 16.2 Å². The molecule has 0 aromatic heterocycles. The predicted molar refractivity (Wildman–Crippen MR) is 129 cm³/mol. The van der Waals surface area contributed by atoms with E-state index in [0.29, 0.717) is 5.56 Å². The van der Waals surface area contributed by atoms with Crippen molar-refractivity contribution in [2.75, 3.05) is 0 Å². The number of amides is 2. The van der Waals surface area contributed by atoms with E-state index in [9.17, 15) is 29.8 Å². The molecule has 1 aliphatic rings. The molecule has 11 heteroatoms. The zero-order chi connectivity index (χ0) is 25.1. The van der Waals surface area contributed by atoms with Crippen molar-refractivity contribution in [2.45, 2.75) is 13.5 Å². The largest absolute Gasteiger partial charge is 0.450 e. The van der Waals surface area contributed by atoms with Gasteiger partial charge in [-0.3, -0.25) is 34.7 Å². The Bertz CT molecular complexity index is 1400. The molecule has 0 radical (unpaired) electrons. The number of hydrogen-bond donors (Lipinski definition) is 0. The van der Waals surface area contributed by atoms with Crippen molar-refractivity contribution >= 4 is 40.4 Å². The van der Waals surface area contributed by atoms with Gasteiger partial charge in [0.1, 0.15) is 5.75 Å². The molecular weight excluding hydrogens is 474 g/mol. The SMILES string of the molecule is Cc1cccc(CN2C(=O)S/C(=C/c3cccc(Oc4ccc([N+](=O)[O-])cc4[N+](=O)[O-])c3)C2=O)c1. The van der Waals surface area contributed by atoms with E-state index in [1.54, 1.807) is 24.3 Å². The first-order valence-corrected chi connectivity index (χ1v) is 11.0. The minimum Gasteiger partial charge on any atom is -0.450 e. The lowest BCUT2D eigenvalue weighted by atomic mass is 10.1. The van der Waals surface area contributed by atoms with Crippen LogP contribution in [-0.4, -0.2) is 25.9 Å². The third-order valence-electron chi connectivity index (χ3n) is 5.03. The number of benzene rings is 3. The van der Waals surface area contributed by atoms with Gasteiger partial charge in [-0.2, -0.15) is 0 Å². The summed E-state index contributed by atoms with van der Waals surface area (Å²) in [6.45, 7) is 2.09. The van der Waals surface area contributed by atoms with E-state index in [4.69, 9.17) is 4.74 Å². The van der Waals surface area contributed by atoms with E-state index in [1.807, 2.05) is 31.2 Å². The van der Waals surface area contributed by atoms with Crippen LogP contribution in [0.25, 0.3) is 6.08 Å². The Hall–Kier alpha value is -4.51. The minimum atomic E-state index is -0.767. The van der Waals surface area contributed by atoms with Crippen molar-refractivity contribution in [1.29, 1.82) is 0 Å². The average molecular weight is 491 g/mol. The molecule has 0 spiro atoms. The molecule has 0 atom stereocenters. The number of carbonyl (C=O) groups is 2. The highest BCUT2D eigenvalue weighted by atomic mass is 32.2. The molecule has 4 rings (SSSR count). The van der Waals surface area contributed by atoms with Crippen LogP contribution in [0.2, 0.25) is 0 Å². The van der Waals surface area contributed by atoms with E-state index in [-0.39, 0.29) is 28.2 Å². The molecule has 2 amide bonds. The van der Waals surface area contributed by atoms with Gasteiger partial charge in [-0.25, -0.2) is 0 Å². The lowest BCUT2D eigenvalue weighted by molar-refractivity contribution is -0.394. The first-order valence-electron chi connectivity index (χ1n) is 10.2. The van der Waals surface area contributed by atoms with E-state index in [0.717, 1.165) is 41.1 Å². The number of nitrogens with zero attached hydrogens (tertiary/aromatic N) is 3. The Morgan fingerprint density at radius 1 is 0.971 bits per heavy atom. The van der Waals surface area contributed by atoms with E-state index in [1.165, 1.54) is 11.0 Å². The summed E-state index contributed by atoms with van der Waals surface area (Å²) in [7, 11) is 0. The number of hydrogen-bond acceptors (Lipinski definition) is 8. The van der Waals surface area contributed by atoms with Crippen LogP contribution < -0.4 is 4.74 Å². The molecule has 1 heterocycles. The zero-order valence-corrected chi connectivity index (χ0v) is 19.1. The van der Waals surface area contributed by atoms with Gasteiger partial charge in [-0.1, -0.05) is 42.0 Å². The van der Waals surface area contributed by atoms with Crippen molar-refractivity contribution in [1.82, 2.24) is 4.90 Å². The lowest BCUT2D eigenvalue weighted by Gasteiger charge is -2.12. The highest BCUT2D eigenvalue weighted by molar-refractivity contribution is 8.18. The smallest absolute Gasteiger partial charge is 0.318 e. The molecule has 1 saturated heterocycles. The van der Waals surface area contributed by atoms with E-state index in [2.05, 4.69) is 0 Å². The van der Waals surface area contributed by atoms with Crippen LogP contribution in [0.3, 0.4) is 0 Å². The van der Waals surface area contributed by atoms with Gasteiger partial charge in [-0.05, 0) is 54.1 Å². The fourth-order valence-corrected chi connectivity index (χ4v) is 4.26. The first-order chi connectivity index (χ1) is 16.7. The number of rotatable bonds is 7. The van der Waals surface area contributed by atoms with Crippen LogP contribution in [0.5, 0.6) is 11.5 Å². The van der Waals surface area contributed by atoms with Crippen LogP contribution >= 0.6 is 11.8 Å². The third-order valence-corrected chi connectivity index (χ3v) is 5.94. The second kappa shape index (κ2) is 9.77. The summed E-state index contributed by atoms with van der Waals surface area (Å²) >= 11 is 0.825. The average Bonchev–Trinajstić information content (AvgIpc) is 3.06. The molecule has 0 bridgehead atoms. The summed E-state index contributed by atoms with van der Waals surface area (Å²) in [6, 6.07) is 17.0. The Labute approximate surface area is 203 Å². The molecule has 0 N–H and O–H groups in total. The summed E-state index contributed by atoms with van der Waals surface area (Å²) in [5, 5.41) is 21.9. The molecule has 35 heavy (non-hydrogen) atoms. The molecule has 1 aliphatic heterocycles. The van der Waals surface area contributed by atoms with Gasteiger partial charge in [0.2, 0.25) is 5.75 Å². The topological polar surface area (TPSA) is 133 Å². The number of nitro groups is 2. The Balaban J connectivity index is 1.55. The monoisotopic (exact) mass is 491 g/mol. The normalized spacial score (nSPS) is 14.4. The fraction of sp³-hybridized carbons (Fsp3) is 0.0833. The number of ether oxygens (including phenoxy) is 1. The van der Waals surface area contributed by atoms with Gasteiger partial charge in [0.05, 0.1) is 27.4 Å². The van der Waals surface area contributed by atoms with Crippen LogP contribution in [0, 0.1) is 27.2 Å². The Morgan fingerprint density at radius 3 is 2.46 bits per heavy atom. The van der Waals surface area contributed by atoms with Crippen LogP contribution in [-0.2, 0) is 11.3 Å². The number of imide groups is 1. The number of thioether (sulfide) groups is 1. The van der Waals surface area contributed by atoms with E-state index >= 15 is 0 Å². The molecule has 176 valence electrons. The molecule has 0 saturated carbocycles. The number of nitro benzene ring substituents is 2. The second-order valence-electron chi connectivity index (χ2n) is 7.60. The van der Waals surface area contributed by atoms with Gasteiger partial charge in [0.25, 0.3) is 16.8 Å². The Morgan fingerprint density at radius 2 is 1.74 bits per heavy atom. The molecule has 3 aromatic carbocycles. The second-order valence-corrected chi connectivity index (χ2v) is 8.59. The minimum absolute atomic E-state index is 0.163. The molecule has 0 unspecified atom stereocenters. The van der Waals surface area contributed by atoms with Crippen LogP contribution in [0.1, 0.15) is 16.7 Å². The number of aryl methyl sites for hydroxylation is 1. The molecule has 1 fully saturated rings. The van der Waals surface area contributed by atoms with E-state index < -0.39 is 27.1 Å². The Kier molecular flexibility index (Phi) is 6.60. The standard InChI is InChI=1S/C24H17N3O7S/c1-15-4-2-6-17(10-15)14-25-23(28)22(35-24(25)29)12-16-5-3-7-19(11-16)34-21-9-8-18(26(30)31)13-20(21)27(32)33/h2-13H,14H2,1H3/b22-12+. The van der Waals surface area contributed by atoms with Gasteiger partial charge in [0, 0.05) is 6.07 Å². The quantitative estimate of drug-likeness (QED) is 0.229. The number of non-ortho nitro benzene ring substituents is 1. The maximum Gasteiger partial charge on any atom is 0.318 e. The van der Waals surface area contributed by atoms with Crippen molar-refractivity contribution in [3.63, 3.8) is 0 Å². The zero-order valence-electron chi connectivity index (χ0n) is 18.2. The van der Waals surface area contributed by atoms with Gasteiger partial charge in [0.15, 0.2) is 0 Å². The summed E-state index contributed by atoms with van der Waals surface area (Å²) in [5.74, 6) is -0.371. The van der Waals surface area contributed by atoms with Gasteiger partial charge in [-0.15, -0.1) is 0 Å². The maximum absolute atomic E-state index is 12.8. The van der Waals surface area contributed by atoms with Crippen LogP contribution in [0.15, 0.2) is 71.6 Å². The van der Waals surface area contributed by atoms with Crippen molar-refractivity contribution in [3.05, 3.63) is 109 Å². The highest BCUT2D eigenvalue weighted by Gasteiger charge is 2.35. The summed E-state index contributed by atoms with van der Waals surface area (Å²) in [4.78, 5) is 47.5. The summed E-state index contributed by atoms with van der Waals surface area (Å²) < 4.78 is 5.61. The molecule has 10 nitrogen and oxygen atoms in total. The summed E-state index contributed by atoms with van der Waals surface area (Å²) in [6.07, 6.45) is 1.54.